The van der Waals surface area contributed by atoms with Gasteiger partial charge in [-0.25, -0.2) is 0 Å². The van der Waals surface area contributed by atoms with Crippen LogP contribution in [0.5, 0.6) is 0 Å². The predicted octanol–water partition coefficient (Wildman–Crippen LogP) is 3.75. The van der Waals surface area contributed by atoms with E-state index in [1.54, 1.807) is 0 Å². The van der Waals surface area contributed by atoms with Crippen LogP contribution in [0.3, 0.4) is 0 Å². The molecule has 1 N–H and O–H groups in total. The number of carboxylic acids is 1. The van der Waals surface area contributed by atoms with E-state index < -0.39 is 23.6 Å². The number of rotatable bonds is 6. The van der Waals surface area contributed by atoms with Crippen LogP contribution in [-0.4, -0.2) is 29.4 Å². The van der Waals surface area contributed by atoms with Crippen molar-refractivity contribution in [2.75, 3.05) is 0 Å². The molecular weight excluding hydrogens is 320 g/mol. The minimum atomic E-state index is -1.35. The second-order valence-electron chi connectivity index (χ2n) is 8.87. The summed E-state index contributed by atoms with van der Waals surface area (Å²) >= 11 is 0. The molecule has 5 nitrogen and oxygen atoms in total. The van der Waals surface area contributed by atoms with Crippen molar-refractivity contribution < 1.29 is 24.2 Å². The molecule has 25 heavy (non-hydrogen) atoms. The maximum Gasteiger partial charge on any atom is 0.325 e. The van der Waals surface area contributed by atoms with E-state index in [1.807, 2.05) is 6.92 Å². The van der Waals surface area contributed by atoms with Gasteiger partial charge in [0.1, 0.15) is 0 Å². The summed E-state index contributed by atoms with van der Waals surface area (Å²) in [5, 5.41) is 9.56. The Hall–Kier alpha value is -1.10. The first kappa shape index (κ1) is 17.3. The van der Waals surface area contributed by atoms with Gasteiger partial charge in [-0.1, -0.05) is 19.8 Å². The largest absolute Gasteiger partial charge is 0.480 e. The minimum Gasteiger partial charge on any atom is -0.480 e. The highest BCUT2D eigenvalue weighted by molar-refractivity contribution is 5.99. The Kier molecular flexibility index (Phi) is 4.55. The molecular formula is C20H30O5. The average Bonchev–Trinajstić information content (AvgIpc) is 3.07. The zero-order chi connectivity index (χ0) is 17.6. The van der Waals surface area contributed by atoms with Crippen molar-refractivity contribution >= 4 is 11.9 Å². The van der Waals surface area contributed by atoms with Gasteiger partial charge in [0.15, 0.2) is 5.41 Å². The summed E-state index contributed by atoms with van der Waals surface area (Å²) < 4.78 is 11.9. The number of hydrogen-bond donors (Lipinski definition) is 1. The molecule has 0 saturated heterocycles. The highest BCUT2D eigenvalue weighted by atomic mass is 16.7. The van der Waals surface area contributed by atoms with Crippen molar-refractivity contribution in [1.82, 2.24) is 0 Å². The van der Waals surface area contributed by atoms with Crippen LogP contribution in [-0.2, 0) is 19.1 Å². The molecule has 5 rings (SSSR count). The van der Waals surface area contributed by atoms with Crippen molar-refractivity contribution in [2.24, 2.45) is 29.1 Å². The van der Waals surface area contributed by atoms with Gasteiger partial charge in [-0.05, 0) is 68.6 Å². The Morgan fingerprint density at radius 2 is 1.60 bits per heavy atom. The molecule has 0 radical (unpaired) electrons. The second-order valence-corrected chi connectivity index (χ2v) is 8.87. The van der Waals surface area contributed by atoms with Crippen LogP contribution in [0.4, 0.5) is 0 Å². The highest BCUT2D eigenvalue weighted by Gasteiger charge is 2.52. The highest BCUT2D eigenvalue weighted by Crippen LogP contribution is 2.55. The normalized spacial score (nSPS) is 39.3. The first-order chi connectivity index (χ1) is 12.0. The van der Waals surface area contributed by atoms with Gasteiger partial charge in [-0.3, -0.25) is 9.59 Å². The molecule has 5 aliphatic rings. The van der Waals surface area contributed by atoms with Crippen LogP contribution in [0, 0.1) is 29.1 Å². The van der Waals surface area contributed by atoms with Crippen molar-refractivity contribution in [2.45, 2.75) is 83.5 Å². The summed E-state index contributed by atoms with van der Waals surface area (Å²) in [6.45, 7) is 1.94. The van der Waals surface area contributed by atoms with Gasteiger partial charge < -0.3 is 14.6 Å². The van der Waals surface area contributed by atoms with Crippen molar-refractivity contribution in [3.8, 4) is 0 Å². The molecule has 0 heterocycles. The van der Waals surface area contributed by atoms with E-state index in [0.29, 0.717) is 31.1 Å². The average molecular weight is 350 g/mol. The lowest BCUT2D eigenvalue weighted by molar-refractivity contribution is -0.231. The van der Waals surface area contributed by atoms with Crippen molar-refractivity contribution in [3.63, 3.8) is 0 Å². The summed E-state index contributed by atoms with van der Waals surface area (Å²) in [5.74, 6) is 1.32. The third-order valence-corrected chi connectivity index (χ3v) is 7.28. The van der Waals surface area contributed by atoms with E-state index >= 15 is 0 Å². The predicted molar refractivity (Wildman–Crippen MR) is 90.6 cm³/mol. The van der Waals surface area contributed by atoms with E-state index in [0.717, 1.165) is 24.7 Å². The van der Waals surface area contributed by atoms with Gasteiger partial charge in [0.2, 0.25) is 6.29 Å². The van der Waals surface area contributed by atoms with Crippen LogP contribution in [0.1, 0.15) is 71.1 Å². The lowest BCUT2D eigenvalue weighted by atomic mass is 9.55. The fraction of sp³-hybridized carbons (Fsp3) is 0.900. The van der Waals surface area contributed by atoms with Crippen LogP contribution in [0.2, 0.25) is 0 Å². The van der Waals surface area contributed by atoms with Gasteiger partial charge in [-0.2, -0.15) is 0 Å². The molecule has 1 atom stereocenters. The third kappa shape index (κ3) is 2.98. The second kappa shape index (κ2) is 6.57. The van der Waals surface area contributed by atoms with Gasteiger partial charge in [-0.15, -0.1) is 0 Å². The standard InChI is InChI=1S/C20H30O5/c1-2-16(25-19(23)20(18(21)22)5-3-4-6-20)24-17-14-8-12-7-13(10-14)11-15(17)9-12/h12-17H,2-11H2,1H3,(H,21,22). The lowest BCUT2D eigenvalue weighted by Crippen LogP contribution is -2.51. The molecule has 5 aliphatic carbocycles. The molecule has 4 bridgehead atoms. The van der Waals surface area contributed by atoms with E-state index in [9.17, 15) is 14.7 Å². The number of carbonyl (C=O) groups is 2. The van der Waals surface area contributed by atoms with Gasteiger partial charge in [0, 0.05) is 6.42 Å². The molecule has 0 aromatic carbocycles. The fourth-order valence-electron chi connectivity index (χ4n) is 6.20. The number of ether oxygens (including phenoxy) is 2. The maximum atomic E-state index is 12.6. The van der Waals surface area contributed by atoms with Gasteiger partial charge in [0.05, 0.1) is 6.10 Å². The Morgan fingerprint density at radius 3 is 2.08 bits per heavy atom. The first-order valence-corrected chi connectivity index (χ1v) is 10.1. The molecule has 0 spiro atoms. The number of aliphatic carboxylic acids is 1. The first-order valence-electron chi connectivity index (χ1n) is 10.1. The Labute approximate surface area is 149 Å². The summed E-state index contributed by atoms with van der Waals surface area (Å²) in [6.07, 6.45) is 8.87. The third-order valence-electron chi connectivity index (χ3n) is 7.28. The molecule has 0 aromatic rings. The summed E-state index contributed by atoms with van der Waals surface area (Å²) in [5.41, 5.74) is -1.35. The summed E-state index contributed by atoms with van der Waals surface area (Å²) in [6, 6.07) is 0. The summed E-state index contributed by atoms with van der Waals surface area (Å²) in [7, 11) is 0. The van der Waals surface area contributed by atoms with Crippen LogP contribution < -0.4 is 0 Å². The minimum absolute atomic E-state index is 0.190. The molecule has 1 unspecified atom stereocenters. The zero-order valence-electron chi connectivity index (χ0n) is 15.1. The number of carboxylic acid groups (broad SMARTS) is 1. The lowest BCUT2D eigenvalue weighted by Gasteiger charge is -2.54. The molecule has 140 valence electrons. The van der Waals surface area contributed by atoms with E-state index in [1.165, 1.54) is 32.1 Å². The van der Waals surface area contributed by atoms with Gasteiger partial charge >= 0.3 is 11.9 Å². The Balaban J connectivity index is 1.41. The van der Waals surface area contributed by atoms with Gasteiger partial charge in [0.25, 0.3) is 0 Å². The SMILES string of the molecule is CCC(OC(=O)C1(C(=O)O)CCCC1)OC1C2CC3CC(C2)CC1C3. The molecule has 5 saturated carbocycles. The quantitative estimate of drug-likeness (QED) is 0.449. The smallest absolute Gasteiger partial charge is 0.325 e. The Morgan fingerprint density at radius 1 is 1.04 bits per heavy atom. The topological polar surface area (TPSA) is 72.8 Å². The van der Waals surface area contributed by atoms with Crippen molar-refractivity contribution in [1.29, 1.82) is 0 Å². The van der Waals surface area contributed by atoms with E-state index in [4.69, 9.17) is 9.47 Å². The Bertz CT molecular complexity index is 508. The number of carbonyl (C=O) groups excluding carboxylic acids is 1. The van der Waals surface area contributed by atoms with Crippen LogP contribution in [0.25, 0.3) is 0 Å². The molecule has 5 fully saturated rings. The maximum absolute atomic E-state index is 12.6. The molecule has 0 amide bonds. The van der Waals surface area contributed by atoms with Crippen LogP contribution in [0.15, 0.2) is 0 Å². The number of esters is 1. The van der Waals surface area contributed by atoms with Crippen LogP contribution >= 0.6 is 0 Å². The monoisotopic (exact) mass is 350 g/mol. The fourth-order valence-corrected chi connectivity index (χ4v) is 6.20. The zero-order valence-corrected chi connectivity index (χ0v) is 15.1. The number of hydrogen-bond acceptors (Lipinski definition) is 4. The summed E-state index contributed by atoms with van der Waals surface area (Å²) in [4.78, 5) is 24.3. The molecule has 0 aliphatic heterocycles. The molecule has 0 aromatic heterocycles. The van der Waals surface area contributed by atoms with E-state index in [2.05, 4.69) is 0 Å². The van der Waals surface area contributed by atoms with E-state index in [-0.39, 0.29) is 6.10 Å². The van der Waals surface area contributed by atoms with Crippen molar-refractivity contribution in [3.05, 3.63) is 0 Å². The molecule has 5 heteroatoms.